The predicted octanol–water partition coefficient (Wildman–Crippen LogP) is 2.47. The van der Waals surface area contributed by atoms with E-state index < -0.39 is 10.8 Å². The lowest BCUT2D eigenvalue weighted by atomic mass is 9.98. The Morgan fingerprint density at radius 1 is 1.14 bits per heavy atom. The maximum Gasteiger partial charge on any atom is 0.227 e. The molecule has 1 aliphatic heterocycles. The van der Waals surface area contributed by atoms with Crippen LogP contribution in [0.25, 0.3) is 12.3 Å². The van der Waals surface area contributed by atoms with Gasteiger partial charge in [-0.3, -0.25) is 4.21 Å². The van der Waals surface area contributed by atoms with Gasteiger partial charge in [0.2, 0.25) is 5.95 Å². The summed E-state index contributed by atoms with van der Waals surface area (Å²) in [5.74, 6) is 0.519. The first-order valence-corrected chi connectivity index (χ1v) is 10.6. The zero-order chi connectivity index (χ0) is 19.7. The lowest BCUT2D eigenvalue weighted by Crippen LogP contribution is -2.38. The molecule has 1 aromatic heterocycles. The fourth-order valence-corrected chi connectivity index (χ4v) is 3.93. The number of rotatable bonds is 4. The largest absolute Gasteiger partial charge is 0.368 e. The fraction of sp³-hybridized carbons (Fsp3) is 0.182. The molecule has 0 amide bonds. The van der Waals surface area contributed by atoms with Gasteiger partial charge in [0.25, 0.3) is 0 Å². The van der Waals surface area contributed by atoms with E-state index >= 15 is 0 Å². The van der Waals surface area contributed by atoms with Gasteiger partial charge in [-0.2, -0.15) is 0 Å². The first-order chi connectivity index (χ1) is 13.5. The summed E-state index contributed by atoms with van der Waals surface area (Å²) in [5, 5.41) is 5.10. The number of anilines is 2. The normalized spacial score (nSPS) is 16.5. The number of hydrogen-bond donors (Lipinski definition) is 1. The molecule has 142 valence electrons. The van der Waals surface area contributed by atoms with Crippen LogP contribution in [0.3, 0.4) is 0 Å². The van der Waals surface area contributed by atoms with Crippen LogP contribution in [0, 0.1) is 6.92 Å². The highest BCUT2D eigenvalue weighted by atomic mass is 32.2. The molecule has 0 bridgehead atoms. The van der Waals surface area contributed by atoms with Crippen molar-refractivity contribution in [2.75, 3.05) is 18.6 Å². The van der Waals surface area contributed by atoms with Gasteiger partial charge in [0.05, 0.1) is 11.4 Å². The van der Waals surface area contributed by atoms with Gasteiger partial charge in [-0.15, -0.1) is 0 Å². The molecule has 2 heterocycles. The van der Waals surface area contributed by atoms with Crippen molar-refractivity contribution in [2.45, 2.75) is 17.9 Å². The molecule has 28 heavy (non-hydrogen) atoms. The van der Waals surface area contributed by atoms with Crippen LogP contribution < -0.4 is 15.9 Å². The van der Waals surface area contributed by atoms with Crippen molar-refractivity contribution in [1.82, 2.24) is 14.9 Å². The van der Waals surface area contributed by atoms with Gasteiger partial charge in [0, 0.05) is 52.3 Å². The zero-order valence-corrected chi connectivity index (χ0v) is 16.9. The van der Waals surface area contributed by atoms with Crippen LogP contribution in [0.2, 0.25) is 0 Å². The smallest absolute Gasteiger partial charge is 0.227 e. The minimum atomic E-state index is -1.03. The quantitative estimate of drug-likeness (QED) is 0.742. The maximum atomic E-state index is 11.7. The Hall–Kier alpha value is -2.99. The van der Waals surface area contributed by atoms with E-state index in [0.717, 1.165) is 21.2 Å². The Morgan fingerprint density at radius 3 is 2.75 bits per heavy atom. The van der Waals surface area contributed by atoms with Gasteiger partial charge in [-0.05, 0) is 42.3 Å². The van der Waals surface area contributed by atoms with E-state index in [-0.39, 0.29) is 6.04 Å². The van der Waals surface area contributed by atoms with Crippen molar-refractivity contribution < 1.29 is 4.21 Å². The van der Waals surface area contributed by atoms with Gasteiger partial charge >= 0.3 is 0 Å². The second-order valence-corrected chi connectivity index (χ2v) is 8.28. The van der Waals surface area contributed by atoms with Gasteiger partial charge in [0.1, 0.15) is 0 Å². The summed E-state index contributed by atoms with van der Waals surface area (Å²) in [6, 6.07) is 16.1. The SMILES string of the molecule is Cc1ccccc1C1C=c2cnc(Nc3cccc(S(C)=O)c3)nc2=CN1C. The molecule has 0 spiro atoms. The lowest BCUT2D eigenvalue weighted by Gasteiger charge is -2.28. The molecule has 2 atom stereocenters. The van der Waals surface area contributed by atoms with Gasteiger partial charge < -0.3 is 10.2 Å². The predicted molar refractivity (Wildman–Crippen MR) is 114 cm³/mol. The van der Waals surface area contributed by atoms with Crippen molar-refractivity contribution in [2.24, 2.45) is 0 Å². The van der Waals surface area contributed by atoms with Crippen LogP contribution >= 0.6 is 0 Å². The Morgan fingerprint density at radius 2 is 1.96 bits per heavy atom. The summed E-state index contributed by atoms with van der Waals surface area (Å²) in [4.78, 5) is 12.1. The maximum absolute atomic E-state index is 11.7. The summed E-state index contributed by atoms with van der Waals surface area (Å²) in [7, 11) is 1.03. The highest BCUT2D eigenvalue weighted by molar-refractivity contribution is 7.84. The van der Waals surface area contributed by atoms with E-state index in [1.807, 2.05) is 30.5 Å². The Bertz CT molecular complexity index is 1180. The Balaban J connectivity index is 1.67. The first kappa shape index (κ1) is 18.4. The minimum Gasteiger partial charge on any atom is -0.368 e. The number of nitrogens with one attached hydrogen (secondary N) is 1. The summed E-state index contributed by atoms with van der Waals surface area (Å²) in [5.41, 5.74) is 3.36. The zero-order valence-electron chi connectivity index (χ0n) is 16.1. The van der Waals surface area contributed by atoms with Gasteiger partial charge in [-0.25, -0.2) is 9.97 Å². The van der Waals surface area contributed by atoms with Crippen LogP contribution in [-0.2, 0) is 10.8 Å². The molecule has 5 nitrogen and oxygen atoms in total. The fourth-order valence-electron chi connectivity index (χ4n) is 3.37. The second-order valence-electron chi connectivity index (χ2n) is 6.90. The van der Waals surface area contributed by atoms with Crippen molar-refractivity contribution in [3.05, 3.63) is 76.4 Å². The topological polar surface area (TPSA) is 58.1 Å². The molecule has 0 fully saturated rings. The molecule has 0 aliphatic carbocycles. The third-order valence-corrected chi connectivity index (χ3v) is 5.80. The highest BCUT2D eigenvalue weighted by Gasteiger charge is 2.17. The molecule has 0 saturated heterocycles. The van der Waals surface area contributed by atoms with E-state index in [4.69, 9.17) is 0 Å². The third kappa shape index (κ3) is 3.68. The average Bonchev–Trinajstić information content (AvgIpc) is 2.68. The number of benzene rings is 2. The summed E-state index contributed by atoms with van der Waals surface area (Å²) in [6.07, 6.45) is 7.76. The first-order valence-electron chi connectivity index (χ1n) is 9.06. The monoisotopic (exact) mass is 390 g/mol. The van der Waals surface area contributed by atoms with Crippen LogP contribution in [0.15, 0.2) is 59.6 Å². The molecule has 2 aromatic carbocycles. The average molecular weight is 391 g/mol. The Labute approximate surface area is 166 Å². The molecular formula is C22H22N4OS. The molecule has 0 saturated carbocycles. The molecule has 2 unspecified atom stereocenters. The summed E-state index contributed by atoms with van der Waals surface area (Å²) >= 11 is 0. The molecular weight excluding hydrogens is 368 g/mol. The van der Waals surface area contributed by atoms with Crippen molar-refractivity contribution in [1.29, 1.82) is 0 Å². The number of nitrogens with zero attached hydrogens (tertiary/aromatic N) is 3. The lowest BCUT2D eigenvalue weighted by molar-refractivity contribution is 0.441. The highest BCUT2D eigenvalue weighted by Crippen LogP contribution is 2.25. The Kier molecular flexibility index (Phi) is 4.96. The number of fused-ring (bicyclic) bond motifs is 1. The van der Waals surface area contributed by atoms with Gasteiger partial charge in [-0.1, -0.05) is 30.3 Å². The summed E-state index contributed by atoms with van der Waals surface area (Å²) < 4.78 is 11.7. The summed E-state index contributed by atoms with van der Waals surface area (Å²) in [6.45, 7) is 2.13. The molecule has 4 rings (SSSR count). The van der Waals surface area contributed by atoms with E-state index in [0.29, 0.717) is 5.95 Å². The molecule has 0 radical (unpaired) electrons. The molecule has 1 N–H and O–H groups in total. The minimum absolute atomic E-state index is 0.160. The van der Waals surface area contributed by atoms with E-state index in [1.165, 1.54) is 11.1 Å². The molecule has 6 heteroatoms. The second kappa shape index (κ2) is 7.56. The van der Waals surface area contributed by atoms with Crippen LogP contribution in [0.4, 0.5) is 11.6 Å². The standard InChI is InChI=1S/C22H22N4OS/c1-15-7-4-5-10-19(15)21-11-16-13-23-22(25-20(16)14-26(21)2)24-17-8-6-9-18(12-17)28(3)27/h4-14,21H,1-3H3,(H,24,25). The number of aromatic nitrogens is 2. The van der Waals surface area contributed by atoms with E-state index in [9.17, 15) is 4.21 Å². The third-order valence-electron chi connectivity index (χ3n) is 4.88. The van der Waals surface area contributed by atoms with Crippen molar-refractivity contribution in [3.8, 4) is 0 Å². The molecule has 3 aromatic rings. The van der Waals surface area contributed by atoms with Crippen LogP contribution in [-0.4, -0.2) is 32.4 Å². The van der Waals surface area contributed by atoms with E-state index in [2.05, 4.69) is 70.7 Å². The molecule has 1 aliphatic rings. The van der Waals surface area contributed by atoms with E-state index in [1.54, 1.807) is 6.26 Å². The van der Waals surface area contributed by atoms with Crippen LogP contribution in [0.5, 0.6) is 0 Å². The number of aryl methyl sites for hydroxylation is 1. The number of hydrogen-bond acceptors (Lipinski definition) is 5. The van der Waals surface area contributed by atoms with Gasteiger partial charge in [0.15, 0.2) is 0 Å². The van der Waals surface area contributed by atoms with Crippen LogP contribution in [0.1, 0.15) is 17.2 Å². The van der Waals surface area contributed by atoms with Crippen molar-refractivity contribution in [3.63, 3.8) is 0 Å². The van der Waals surface area contributed by atoms with Crippen molar-refractivity contribution >= 4 is 34.7 Å².